The molecule has 0 amide bonds. The van der Waals surface area contributed by atoms with Gasteiger partial charge in [0.25, 0.3) is 0 Å². The molecule has 0 unspecified atom stereocenters. The van der Waals surface area contributed by atoms with E-state index in [1.165, 1.54) is 0 Å². The van der Waals surface area contributed by atoms with Gasteiger partial charge >= 0.3 is 0 Å². The fourth-order valence-corrected chi connectivity index (χ4v) is 2.57. The van der Waals surface area contributed by atoms with Crippen LogP contribution in [0.15, 0.2) is 24.3 Å². The minimum atomic E-state index is 0.216. The summed E-state index contributed by atoms with van der Waals surface area (Å²) in [6, 6.07) is 7.96. The Morgan fingerprint density at radius 3 is 2.56 bits per heavy atom. The molecule has 0 bridgehead atoms. The SMILES string of the molecule is COc1c(C)c(C)c2[nH]c3ccccc3c2c1O. The first-order valence-corrected chi connectivity index (χ1v) is 5.91. The molecule has 3 heteroatoms. The highest BCUT2D eigenvalue weighted by atomic mass is 16.5. The van der Waals surface area contributed by atoms with Gasteiger partial charge in [-0.1, -0.05) is 18.2 Å². The largest absolute Gasteiger partial charge is 0.504 e. The van der Waals surface area contributed by atoms with Crippen LogP contribution in [0.2, 0.25) is 0 Å². The van der Waals surface area contributed by atoms with Gasteiger partial charge in [-0.15, -0.1) is 0 Å². The molecule has 92 valence electrons. The highest BCUT2D eigenvalue weighted by Crippen LogP contribution is 2.43. The van der Waals surface area contributed by atoms with Gasteiger partial charge in [-0.25, -0.2) is 0 Å². The number of aromatic nitrogens is 1. The van der Waals surface area contributed by atoms with Crippen molar-refractivity contribution in [2.24, 2.45) is 0 Å². The first-order chi connectivity index (χ1) is 8.65. The molecule has 1 heterocycles. The maximum Gasteiger partial charge on any atom is 0.168 e. The summed E-state index contributed by atoms with van der Waals surface area (Å²) in [7, 11) is 1.59. The summed E-state index contributed by atoms with van der Waals surface area (Å²) in [5.74, 6) is 0.776. The molecule has 0 saturated carbocycles. The summed E-state index contributed by atoms with van der Waals surface area (Å²) >= 11 is 0. The summed E-state index contributed by atoms with van der Waals surface area (Å²) in [6.07, 6.45) is 0. The molecule has 0 aliphatic rings. The number of aryl methyl sites for hydroxylation is 1. The lowest BCUT2D eigenvalue weighted by atomic mass is 10.0. The number of benzene rings is 2. The van der Waals surface area contributed by atoms with E-state index in [0.29, 0.717) is 5.75 Å². The van der Waals surface area contributed by atoms with Gasteiger partial charge in [0.15, 0.2) is 11.5 Å². The van der Waals surface area contributed by atoms with Gasteiger partial charge in [-0.2, -0.15) is 0 Å². The molecule has 2 N–H and O–H groups in total. The third-order valence-electron chi connectivity index (χ3n) is 3.64. The second-order valence-electron chi connectivity index (χ2n) is 4.55. The predicted octanol–water partition coefficient (Wildman–Crippen LogP) is 3.65. The van der Waals surface area contributed by atoms with E-state index in [1.807, 2.05) is 38.1 Å². The monoisotopic (exact) mass is 241 g/mol. The molecular formula is C15H15NO2. The number of nitrogens with one attached hydrogen (secondary N) is 1. The molecule has 2 aromatic carbocycles. The topological polar surface area (TPSA) is 45.2 Å². The number of H-pyrrole nitrogens is 1. The summed E-state index contributed by atoms with van der Waals surface area (Å²) in [4.78, 5) is 3.36. The third kappa shape index (κ3) is 1.24. The average Bonchev–Trinajstić information content (AvgIpc) is 2.76. The number of aromatic hydroxyl groups is 1. The van der Waals surface area contributed by atoms with Crippen molar-refractivity contribution >= 4 is 21.8 Å². The molecule has 1 aromatic heterocycles. The van der Waals surface area contributed by atoms with Crippen LogP contribution in [0, 0.1) is 13.8 Å². The van der Waals surface area contributed by atoms with E-state index < -0.39 is 0 Å². The molecule has 0 aliphatic heterocycles. The second-order valence-corrected chi connectivity index (χ2v) is 4.55. The van der Waals surface area contributed by atoms with Gasteiger partial charge in [-0.05, 0) is 31.0 Å². The van der Waals surface area contributed by atoms with Crippen LogP contribution < -0.4 is 4.74 Å². The summed E-state index contributed by atoms with van der Waals surface area (Å²) in [5, 5.41) is 12.3. The molecular weight excluding hydrogens is 226 g/mol. The number of fused-ring (bicyclic) bond motifs is 3. The molecule has 0 radical (unpaired) electrons. The molecule has 0 saturated heterocycles. The van der Waals surface area contributed by atoms with Gasteiger partial charge in [0.1, 0.15) is 0 Å². The number of aromatic amines is 1. The zero-order valence-corrected chi connectivity index (χ0v) is 10.7. The lowest BCUT2D eigenvalue weighted by Gasteiger charge is -2.11. The fraction of sp³-hybridized carbons (Fsp3) is 0.200. The van der Waals surface area contributed by atoms with Crippen LogP contribution in [0.4, 0.5) is 0 Å². The quantitative estimate of drug-likeness (QED) is 0.683. The number of para-hydroxylation sites is 1. The van der Waals surface area contributed by atoms with Crippen LogP contribution in [-0.4, -0.2) is 17.2 Å². The zero-order chi connectivity index (χ0) is 12.9. The van der Waals surface area contributed by atoms with Crippen LogP contribution in [0.1, 0.15) is 11.1 Å². The highest BCUT2D eigenvalue weighted by molar-refractivity contribution is 6.12. The summed E-state index contributed by atoms with van der Waals surface area (Å²) < 4.78 is 5.32. The lowest BCUT2D eigenvalue weighted by molar-refractivity contribution is 0.373. The Balaban J connectivity index is 2.61. The average molecular weight is 241 g/mol. The smallest absolute Gasteiger partial charge is 0.168 e. The van der Waals surface area contributed by atoms with Crippen LogP contribution in [0.5, 0.6) is 11.5 Å². The molecule has 0 aliphatic carbocycles. The van der Waals surface area contributed by atoms with Crippen LogP contribution in [-0.2, 0) is 0 Å². The van der Waals surface area contributed by atoms with Crippen molar-refractivity contribution in [3.63, 3.8) is 0 Å². The first-order valence-electron chi connectivity index (χ1n) is 5.91. The van der Waals surface area contributed by atoms with E-state index in [9.17, 15) is 5.11 Å². The predicted molar refractivity (Wildman–Crippen MR) is 73.5 cm³/mol. The Kier molecular flexibility index (Phi) is 2.23. The maximum atomic E-state index is 10.4. The molecule has 0 spiro atoms. The molecule has 0 atom stereocenters. The van der Waals surface area contributed by atoms with Gasteiger partial charge < -0.3 is 14.8 Å². The molecule has 3 rings (SSSR count). The number of phenolic OH excluding ortho intramolecular Hbond substituents is 1. The van der Waals surface area contributed by atoms with Crippen LogP contribution in [0.3, 0.4) is 0 Å². The van der Waals surface area contributed by atoms with Gasteiger partial charge in [0.2, 0.25) is 0 Å². The molecule has 18 heavy (non-hydrogen) atoms. The van der Waals surface area contributed by atoms with Crippen LogP contribution in [0.25, 0.3) is 21.8 Å². The number of rotatable bonds is 1. The standard InChI is InChI=1S/C15H15NO2/c1-8-9(2)15(18-3)14(17)12-10-6-4-5-7-11(10)16-13(8)12/h4-7,16-17H,1-3H3. The number of ether oxygens (including phenoxy) is 1. The highest BCUT2D eigenvalue weighted by Gasteiger charge is 2.18. The maximum absolute atomic E-state index is 10.4. The van der Waals surface area contributed by atoms with E-state index in [-0.39, 0.29) is 5.75 Å². The minimum Gasteiger partial charge on any atom is -0.504 e. The third-order valence-corrected chi connectivity index (χ3v) is 3.64. The van der Waals surface area contributed by atoms with Crippen molar-refractivity contribution in [3.8, 4) is 11.5 Å². The van der Waals surface area contributed by atoms with E-state index >= 15 is 0 Å². The number of hydrogen-bond acceptors (Lipinski definition) is 2. The van der Waals surface area contributed by atoms with Crippen molar-refractivity contribution in [2.45, 2.75) is 13.8 Å². The Labute approximate surface area is 105 Å². The normalized spacial score (nSPS) is 11.3. The number of phenols is 1. The van der Waals surface area contributed by atoms with E-state index in [1.54, 1.807) is 7.11 Å². The minimum absolute atomic E-state index is 0.216. The summed E-state index contributed by atoms with van der Waals surface area (Å²) in [6.45, 7) is 3.99. The molecule has 3 nitrogen and oxygen atoms in total. The van der Waals surface area contributed by atoms with E-state index in [4.69, 9.17) is 4.74 Å². The molecule has 3 aromatic rings. The Bertz CT molecular complexity index is 756. The van der Waals surface area contributed by atoms with Crippen molar-refractivity contribution in [1.29, 1.82) is 0 Å². The second kappa shape index (κ2) is 3.67. The number of methoxy groups -OCH3 is 1. The molecule has 0 fully saturated rings. The summed E-state index contributed by atoms with van der Waals surface area (Å²) in [5.41, 5.74) is 4.08. The van der Waals surface area contributed by atoms with Crippen LogP contribution >= 0.6 is 0 Å². The lowest BCUT2D eigenvalue weighted by Crippen LogP contribution is -1.92. The Morgan fingerprint density at radius 2 is 1.83 bits per heavy atom. The fourth-order valence-electron chi connectivity index (χ4n) is 2.57. The van der Waals surface area contributed by atoms with Crippen molar-refractivity contribution in [1.82, 2.24) is 4.98 Å². The Morgan fingerprint density at radius 1 is 1.11 bits per heavy atom. The van der Waals surface area contributed by atoms with E-state index in [0.717, 1.165) is 32.9 Å². The van der Waals surface area contributed by atoms with Crippen molar-refractivity contribution < 1.29 is 9.84 Å². The van der Waals surface area contributed by atoms with E-state index in [2.05, 4.69) is 4.98 Å². The van der Waals surface area contributed by atoms with Gasteiger partial charge in [-0.3, -0.25) is 0 Å². The first kappa shape index (κ1) is 11.0. The van der Waals surface area contributed by atoms with Crippen molar-refractivity contribution in [2.75, 3.05) is 7.11 Å². The Hall–Kier alpha value is -2.16. The van der Waals surface area contributed by atoms with Gasteiger partial charge in [0.05, 0.1) is 18.0 Å². The van der Waals surface area contributed by atoms with Crippen molar-refractivity contribution in [3.05, 3.63) is 35.4 Å². The van der Waals surface area contributed by atoms with Gasteiger partial charge in [0, 0.05) is 10.9 Å². The number of hydrogen-bond donors (Lipinski definition) is 2. The zero-order valence-electron chi connectivity index (χ0n) is 10.7.